The predicted octanol–water partition coefficient (Wildman–Crippen LogP) is 2.58. The second-order valence-corrected chi connectivity index (χ2v) is 5.66. The Balaban J connectivity index is 4.14. The number of ether oxygens (including phenoxy) is 1. The minimum atomic E-state index is -0.504. The van der Waals surface area contributed by atoms with E-state index < -0.39 is 11.7 Å². The second kappa shape index (κ2) is 5.84. The number of carbonyl (C=O) groups is 1. The number of hydrogen-bond donors (Lipinski definition) is 2. The number of alkyl carbamates (subject to hydrolysis) is 1. The molecule has 0 spiro atoms. The van der Waals surface area contributed by atoms with Gasteiger partial charge in [0.15, 0.2) is 0 Å². The van der Waals surface area contributed by atoms with E-state index in [1.165, 1.54) is 11.8 Å². The van der Waals surface area contributed by atoms with Crippen LogP contribution in [0.5, 0.6) is 0 Å². The molecule has 0 unspecified atom stereocenters. The van der Waals surface area contributed by atoms with Crippen LogP contribution in [0.2, 0.25) is 0 Å². The summed E-state index contributed by atoms with van der Waals surface area (Å²) in [5.41, 5.74) is 4.92. The fourth-order valence-corrected chi connectivity index (χ4v) is 1.39. The first-order valence-electron chi connectivity index (χ1n) is 4.92. The van der Waals surface area contributed by atoms with Crippen LogP contribution in [0.15, 0.2) is 23.1 Å². The van der Waals surface area contributed by atoms with Gasteiger partial charge >= 0.3 is 6.09 Å². The number of thioether (sulfide) groups is 1. The molecule has 0 aromatic rings. The van der Waals surface area contributed by atoms with Crippen LogP contribution in [-0.2, 0) is 4.74 Å². The van der Waals surface area contributed by atoms with E-state index in [2.05, 4.69) is 18.5 Å². The Morgan fingerprint density at radius 2 is 1.94 bits per heavy atom. The minimum Gasteiger partial charge on any atom is -0.444 e. The van der Waals surface area contributed by atoms with Gasteiger partial charge in [0.2, 0.25) is 0 Å². The van der Waals surface area contributed by atoms with Crippen molar-refractivity contribution in [2.24, 2.45) is 5.73 Å². The van der Waals surface area contributed by atoms with Gasteiger partial charge in [0.1, 0.15) is 5.60 Å². The molecule has 0 aromatic heterocycles. The molecule has 4 nitrogen and oxygen atoms in total. The van der Waals surface area contributed by atoms with Gasteiger partial charge in [-0.1, -0.05) is 24.9 Å². The van der Waals surface area contributed by atoms with Crippen molar-refractivity contribution < 1.29 is 9.53 Å². The van der Waals surface area contributed by atoms with E-state index in [0.29, 0.717) is 5.03 Å². The third-order valence-electron chi connectivity index (χ3n) is 1.48. The maximum atomic E-state index is 11.4. The summed E-state index contributed by atoms with van der Waals surface area (Å²) in [5.74, 6) is 0. The van der Waals surface area contributed by atoms with E-state index in [0.717, 1.165) is 4.91 Å². The predicted molar refractivity (Wildman–Crippen MR) is 68.9 cm³/mol. The van der Waals surface area contributed by atoms with Gasteiger partial charge in [0, 0.05) is 4.91 Å². The summed E-state index contributed by atoms with van der Waals surface area (Å²) in [7, 11) is 0. The molecule has 0 aliphatic carbocycles. The Labute approximate surface area is 101 Å². The second-order valence-electron chi connectivity index (χ2n) is 4.40. The van der Waals surface area contributed by atoms with Crippen LogP contribution in [0, 0.1) is 0 Å². The maximum absolute atomic E-state index is 11.4. The molecule has 0 fully saturated rings. The normalized spacial score (nSPS) is 12.8. The van der Waals surface area contributed by atoms with Crippen molar-refractivity contribution in [1.82, 2.24) is 5.32 Å². The number of hydrogen-bond acceptors (Lipinski definition) is 4. The summed E-state index contributed by atoms with van der Waals surface area (Å²) in [4.78, 5) is 12.1. The number of amides is 1. The van der Waals surface area contributed by atoms with Crippen LogP contribution in [0.4, 0.5) is 4.79 Å². The van der Waals surface area contributed by atoms with Crippen molar-refractivity contribution in [3.8, 4) is 0 Å². The fraction of sp³-hybridized carbons (Fsp3) is 0.545. The van der Waals surface area contributed by atoms with E-state index in [1.807, 2.05) is 27.7 Å². The Morgan fingerprint density at radius 3 is 2.31 bits per heavy atom. The first-order chi connectivity index (χ1) is 7.11. The molecule has 0 aromatic carbocycles. The molecule has 0 heterocycles. The summed E-state index contributed by atoms with van der Waals surface area (Å²) >= 11 is 1.24. The summed E-state index contributed by atoms with van der Waals surface area (Å²) in [6.45, 7) is 14.6. The van der Waals surface area contributed by atoms with Crippen molar-refractivity contribution in [3.05, 3.63) is 23.1 Å². The molecule has 3 N–H and O–H groups in total. The monoisotopic (exact) mass is 244 g/mol. The molecule has 0 saturated carbocycles. The average Bonchev–Trinajstić information content (AvgIpc) is 1.98. The molecule has 16 heavy (non-hydrogen) atoms. The number of rotatable bonds is 4. The molecule has 0 aliphatic heterocycles. The number of nitrogens with one attached hydrogen (secondary N) is 1. The van der Waals surface area contributed by atoms with Crippen LogP contribution < -0.4 is 11.1 Å². The lowest BCUT2D eigenvalue weighted by atomic mass is 10.2. The molecule has 0 aliphatic rings. The van der Waals surface area contributed by atoms with Crippen molar-refractivity contribution in [1.29, 1.82) is 0 Å². The number of carbonyl (C=O) groups excluding carboxylic acids is 1. The molecule has 5 heteroatoms. The molecule has 1 atom stereocenters. The lowest BCUT2D eigenvalue weighted by Gasteiger charge is -2.22. The Morgan fingerprint density at radius 1 is 1.44 bits per heavy atom. The van der Waals surface area contributed by atoms with Crippen LogP contribution in [-0.4, -0.2) is 17.7 Å². The zero-order valence-electron chi connectivity index (χ0n) is 10.3. The largest absolute Gasteiger partial charge is 0.444 e. The maximum Gasteiger partial charge on any atom is 0.408 e. The van der Waals surface area contributed by atoms with Crippen LogP contribution in [0.3, 0.4) is 0 Å². The molecule has 0 rings (SSSR count). The highest BCUT2D eigenvalue weighted by Gasteiger charge is 2.18. The molecule has 92 valence electrons. The average molecular weight is 244 g/mol. The smallest absolute Gasteiger partial charge is 0.408 e. The minimum absolute atomic E-state index is 0.222. The Kier molecular flexibility index (Phi) is 5.44. The van der Waals surface area contributed by atoms with Crippen LogP contribution in [0.1, 0.15) is 27.7 Å². The van der Waals surface area contributed by atoms with Gasteiger partial charge in [-0.15, -0.1) is 0 Å². The van der Waals surface area contributed by atoms with Gasteiger partial charge in [0.05, 0.1) is 11.1 Å². The van der Waals surface area contributed by atoms with E-state index in [-0.39, 0.29) is 6.04 Å². The third kappa shape index (κ3) is 7.23. The molecular weight excluding hydrogens is 224 g/mol. The summed E-state index contributed by atoms with van der Waals surface area (Å²) in [6, 6.07) is -0.222. The van der Waals surface area contributed by atoms with Gasteiger partial charge in [-0.2, -0.15) is 0 Å². The van der Waals surface area contributed by atoms with Crippen molar-refractivity contribution in [2.75, 3.05) is 0 Å². The summed E-state index contributed by atoms with van der Waals surface area (Å²) < 4.78 is 5.11. The van der Waals surface area contributed by atoms with Gasteiger partial charge in [-0.25, -0.2) is 4.79 Å². The topological polar surface area (TPSA) is 64.3 Å². The van der Waals surface area contributed by atoms with Gasteiger partial charge < -0.3 is 15.8 Å². The van der Waals surface area contributed by atoms with Crippen LogP contribution >= 0.6 is 11.8 Å². The van der Waals surface area contributed by atoms with E-state index in [4.69, 9.17) is 10.5 Å². The van der Waals surface area contributed by atoms with E-state index in [1.54, 1.807) is 0 Å². The van der Waals surface area contributed by atoms with Crippen molar-refractivity contribution in [2.45, 2.75) is 39.3 Å². The SMILES string of the molecule is C=C(N)SC(=C)[C@@H](C)NC(=O)OC(C)(C)C. The highest BCUT2D eigenvalue weighted by Crippen LogP contribution is 2.21. The van der Waals surface area contributed by atoms with Crippen molar-refractivity contribution >= 4 is 17.9 Å². The van der Waals surface area contributed by atoms with E-state index >= 15 is 0 Å². The quantitative estimate of drug-likeness (QED) is 0.797. The third-order valence-corrected chi connectivity index (χ3v) is 2.36. The standard InChI is InChI=1S/C11H20N2O2S/c1-7(8(2)16-9(3)12)13-10(14)15-11(4,5)6/h7H,2-3,12H2,1,4-6H3,(H,13,14)/t7-/m1/s1. The summed E-state index contributed by atoms with van der Waals surface area (Å²) in [6.07, 6.45) is -0.468. The lowest BCUT2D eigenvalue weighted by molar-refractivity contribution is 0.0517. The lowest BCUT2D eigenvalue weighted by Crippen LogP contribution is -2.38. The van der Waals surface area contributed by atoms with Crippen LogP contribution in [0.25, 0.3) is 0 Å². The molecule has 0 radical (unpaired) electrons. The van der Waals surface area contributed by atoms with E-state index in [9.17, 15) is 4.79 Å². The summed E-state index contributed by atoms with van der Waals surface area (Å²) in [5, 5.41) is 3.11. The highest BCUT2D eigenvalue weighted by molar-refractivity contribution is 8.06. The number of nitrogens with two attached hydrogens (primary N) is 1. The Hall–Kier alpha value is -1.10. The van der Waals surface area contributed by atoms with Crippen molar-refractivity contribution in [3.63, 3.8) is 0 Å². The highest BCUT2D eigenvalue weighted by atomic mass is 32.2. The zero-order valence-corrected chi connectivity index (χ0v) is 11.1. The molecule has 0 bridgehead atoms. The first-order valence-corrected chi connectivity index (χ1v) is 5.74. The van der Waals surface area contributed by atoms with Gasteiger partial charge in [-0.05, 0) is 27.7 Å². The van der Waals surface area contributed by atoms with Gasteiger partial charge in [0.25, 0.3) is 0 Å². The molecule has 1 amide bonds. The Bertz CT molecular complexity index is 295. The first kappa shape index (κ1) is 14.9. The van der Waals surface area contributed by atoms with Gasteiger partial charge in [-0.3, -0.25) is 0 Å². The zero-order chi connectivity index (χ0) is 12.9. The molecular formula is C11H20N2O2S. The fourth-order valence-electron chi connectivity index (χ4n) is 0.822. The molecule has 0 saturated heterocycles.